The molecule has 1 aromatic rings. The maximum absolute atomic E-state index is 13.4. The summed E-state index contributed by atoms with van der Waals surface area (Å²) in [6.45, 7) is 4.94. The molecule has 5 heteroatoms. The number of benzene rings is 1. The molecule has 1 rings (SSSR count). The summed E-state index contributed by atoms with van der Waals surface area (Å²) in [7, 11) is 0. The van der Waals surface area contributed by atoms with Gasteiger partial charge in [-0.15, -0.1) is 0 Å². The van der Waals surface area contributed by atoms with Gasteiger partial charge in [-0.25, -0.2) is 4.39 Å². The average Bonchev–Trinajstić information content (AvgIpc) is 2.38. The second-order valence-corrected chi connectivity index (χ2v) is 4.94. The van der Waals surface area contributed by atoms with Crippen LogP contribution in [0.25, 0.3) is 0 Å². The minimum atomic E-state index is -0.521. The smallest absolute Gasteiger partial charge is 0.154 e. The number of ketones is 2. The van der Waals surface area contributed by atoms with Crippen LogP contribution in [0.3, 0.4) is 0 Å². The average molecular weight is 280 g/mol. The Bertz CT molecular complexity index is 515. The van der Waals surface area contributed by atoms with E-state index in [1.807, 2.05) is 0 Å². The summed E-state index contributed by atoms with van der Waals surface area (Å²) < 4.78 is 13.4. The fraction of sp³-hybridized carbons (Fsp3) is 0.467. The van der Waals surface area contributed by atoms with Gasteiger partial charge in [0.2, 0.25) is 0 Å². The Morgan fingerprint density at radius 1 is 1.40 bits per heavy atom. The number of nitrogens with two attached hydrogens (primary N) is 1. The van der Waals surface area contributed by atoms with Crippen molar-refractivity contribution in [3.8, 4) is 0 Å². The van der Waals surface area contributed by atoms with E-state index in [1.165, 1.54) is 19.1 Å². The molecule has 3 N–H and O–H groups in total. The third kappa shape index (κ3) is 4.33. The molecule has 110 valence electrons. The zero-order valence-electron chi connectivity index (χ0n) is 12.1. The molecule has 0 heterocycles. The van der Waals surface area contributed by atoms with Gasteiger partial charge in [0.1, 0.15) is 11.6 Å². The van der Waals surface area contributed by atoms with Gasteiger partial charge in [-0.1, -0.05) is 6.92 Å². The fourth-order valence-corrected chi connectivity index (χ4v) is 1.97. The SMILES string of the molecule is CCC(=O)C(CCC(C)=O)Nc1cc(F)cc(C)c1N. The van der Waals surface area contributed by atoms with Crippen molar-refractivity contribution in [2.75, 3.05) is 11.1 Å². The molecule has 0 fully saturated rings. The van der Waals surface area contributed by atoms with Crippen LogP contribution in [0, 0.1) is 12.7 Å². The lowest BCUT2D eigenvalue weighted by Gasteiger charge is -2.20. The topological polar surface area (TPSA) is 72.2 Å². The standard InChI is InChI=1S/C15H21FN2O2/c1-4-14(20)12(6-5-10(3)19)18-13-8-11(16)7-9(2)15(13)17/h7-8,12,18H,4-6,17H2,1-3H3. The Hall–Kier alpha value is -1.91. The summed E-state index contributed by atoms with van der Waals surface area (Å²) in [6, 6.07) is 2.09. The number of aryl methyl sites for hydroxylation is 1. The highest BCUT2D eigenvalue weighted by Crippen LogP contribution is 2.25. The van der Waals surface area contributed by atoms with Crippen molar-refractivity contribution in [1.29, 1.82) is 0 Å². The van der Waals surface area contributed by atoms with E-state index in [1.54, 1.807) is 13.8 Å². The van der Waals surface area contributed by atoms with Crippen LogP contribution in [-0.2, 0) is 9.59 Å². The normalized spacial score (nSPS) is 12.0. The summed E-state index contributed by atoms with van der Waals surface area (Å²) in [5.41, 5.74) is 7.32. The number of hydrogen-bond acceptors (Lipinski definition) is 4. The third-order valence-electron chi connectivity index (χ3n) is 3.20. The molecule has 0 bridgehead atoms. The number of nitrogen functional groups attached to an aromatic ring is 1. The molecule has 4 nitrogen and oxygen atoms in total. The maximum atomic E-state index is 13.4. The highest BCUT2D eigenvalue weighted by atomic mass is 19.1. The molecule has 0 spiro atoms. The molecule has 0 aromatic heterocycles. The molecule has 0 aliphatic carbocycles. The second kappa shape index (κ2) is 7.03. The first kappa shape index (κ1) is 16.1. The van der Waals surface area contributed by atoms with Gasteiger partial charge in [-0.3, -0.25) is 4.79 Å². The van der Waals surface area contributed by atoms with Gasteiger partial charge in [-0.05, 0) is 38.0 Å². The van der Waals surface area contributed by atoms with Crippen molar-refractivity contribution in [1.82, 2.24) is 0 Å². The Kier molecular flexibility index (Phi) is 5.67. The zero-order valence-corrected chi connectivity index (χ0v) is 12.1. The molecule has 0 radical (unpaired) electrons. The summed E-state index contributed by atoms with van der Waals surface area (Å²) in [5.74, 6) is -0.412. The van der Waals surface area contributed by atoms with Crippen molar-refractivity contribution in [3.63, 3.8) is 0 Å². The van der Waals surface area contributed by atoms with Gasteiger partial charge in [0.15, 0.2) is 5.78 Å². The van der Waals surface area contributed by atoms with Crippen LogP contribution < -0.4 is 11.1 Å². The number of carbonyl (C=O) groups is 2. The van der Waals surface area contributed by atoms with Crippen molar-refractivity contribution in [2.45, 2.75) is 46.1 Å². The molecular weight excluding hydrogens is 259 g/mol. The Labute approximate surface area is 118 Å². The quantitative estimate of drug-likeness (QED) is 0.753. The summed E-state index contributed by atoms with van der Waals surface area (Å²) in [5, 5.41) is 2.97. The zero-order chi connectivity index (χ0) is 15.3. The number of hydrogen-bond donors (Lipinski definition) is 2. The summed E-state index contributed by atoms with van der Waals surface area (Å²) >= 11 is 0. The van der Waals surface area contributed by atoms with Gasteiger partial charge in [0.05, 0.1) is 17.4 Å². The van der Waals surface area contributed by atoms with Crippen molar-refractivity contribution in [2.24, 2.45) is 0 Å². The lowest BCUT2D eigenvalue weighted by molar-refractivity contribution is -0.120. The van der Waals surface area contributed by atoms with E-state index in [0.717, 1.165) is 0 Å². The highest BCUT2D eigenvalue weighted by molar-refractivity contribution is 5.88. The minimum Gasteiger partial charge on any atom is -0.397 e. The van der Waals surface area contributed by atoms with Crippen molar-refractivity contribution >= 4 is 22.9 Å². The van der Waals surface area contributed by atoms with Gasteiger partial charge < -0.3 is 15.8 Å². The van der Waals surface area contributed by atoms with E-state index in [9.17, 15) is 14.0 Å². The summed E-state index contributed by atoms with van der Waals surface area (Å²) in [4.78, 5) is 23.0. The largest absolute Gasteiger partial charge is 0.397 e. The first-order valence-electron chi connectivity index (χ1n) is 6.69. The number of Topliss-reactive ketones (excluding diaryl/α,β-unsaturated/α-hetero) is 2. The lowest BCUT2D eigenvalue weighted by Crippen LogP contribution is -2.30. The van der Waals surface area contributed by atoms with Gasteiger partial charge in [0.25, 0.3) is 0 Å². The Morgan fingerprint density at radius 2 is 2.05 bits per heavy atom. The number of rotatable bonds is 7. The monoisotopic (exact) mass is 280 g/mol. The first-order valence-corrected chi connectivity index (χ1v) is 6.69. The van der Waals surface area contributed by atoms with E-state index in [2.05, 4.69) is 5.32 Å². The van der Waals surface area contributed by atoms with Crippen LogP contribution in [0.15, 0.2) is 12.1 Å². The lowest BCUT2D eigenvalue weighted by atomic mass is 10.0. The first-order chi connectivity index (χ1) is 9.35. The highest BCUT2D eigenvalue weighted by Gasteiger charge is 2.18. The molecule has 1 aromatic carbocycles. The predicted molar refractivity (Wildman–Crippen MR) is 78.2 cm³/mol. The van der Waals surface area contributed by atoms with Gasteiger partial charge >= 0.3 is 0 Å². The molecule has 1 atom stereocenters. The van der Waals surface area contributed by atoms with Crippen LogP contribution in [0.4, 0.5) is 15.8 Å². The Morgan fingerprint density at radius 3 is 2.60 bits per heavy atom. The number of halogens is 1. The van der Waals surface area contributed by atoms with Crippen LogP contribution in [-0.4, -0.2) is 17.6 Å². The molecule has 1 unspecified atom stereocenters. The minimum absolute atomic E-state index is 0.0177. The number of nitrogens with one attached hydrogen (secondary N) is 1. The van der Waals surface area contributed by atoms with E-state index in [-0.39, 0.29) is 11.6 Å². The van der Waals surface area contributed by atoms with Crippen LogP contribution in [0.5, 0.6) is 0 Å². The van der Waals surface area contributed by atoms with Crippen molar-refractivity contribution in [3.05, 3.63) is 23.5 Å². The van der Waals surface area contributed by atoms with Gasteiger partial charge in [0, 0.05) is 12.8 Å². The Balaban J connectivity index is 2.94. The number of carbonyl (C=O) groups excluding carboxylic acids is 2. The van der Waals surface area contributed by atoms with E-state index >= 15 is 0 Å². The van der Waals surface area contributed by atoms with Gasteiger partial charge in [-0.2, -0.15) is 0 Å². The van der Waals surface area contributed by atoms with Crippen LogP contribution in [0.1, 0.15) is 38.7 Å². The molecule has 20 heavy (non-hydrogen) atoms. The second-order valence-electron chi connectivity index (χ2n) is 4.94. The molecule has 0 amide bonds. The summed E-state index contributed by atoms with van der Waals surface area (Å²) in [6.07, 6.45) is 1.04. The molecule has 0 saturated carbocycles. The predicted octanol–water partition coefficient (Wildman–Crippen LogP) is 2.85. The van der Waals surface area contributed by atoms with E-state index < -0.39 is 11.9 Å². The molecular formula is C15H21FN2O2. The maximum Gasteiger partial charge on any atom is 0.154 e. The van der Waals surface area contributed by atoms with Crippen LogP contribution in [0.2, 0.25) is 0 Å². The van der Waals surface area contributed by atoms with Crippen molar-refractivity contribution < 1.29 is 14.0 Å². The molecule has 0 aliphatic heterocycles. The fourth-order valence-electron chi connectivity index (χ4n) is 1.97. The molecule has 0 saturated heterocycles. The van der Waals surface area contributed by atoms with E-state index in [0.29, 0.717) is 36.2 Å². The number of anilines is 2. The third-order valence-corrected chi connectivity index (χ3v) is 3.20. The molecule has 0 aliphatic rings. The van der Waals surface area contributed by atoms with Crippen LogP contribution >= 0.6 is 0 Å². The van der Waals surface area contributed by atoms with E-state index in [4.69, 9.17) is 5.73 Å².